The van der Waals surface area contributed by atoms with E-state index in [1.807, 2.05) is 0 Å². The van der Waals surface area contributed by atoms with Crippen LogP contribution in [0, 0.1) is 20.8 Å². The van der Waals surface area contributed by atoms with Crippen LogP contribution < -0.4 is 5.32 Å². The molecule has 27 heavy (non-hydrogen) atoms. The number of aromatic nitrogens is 1. The number of urea groups is 1. The first-order valence-corrected chi connectivity index (χ1v) is 8.50. The van der Waals surface area contributed by atoms with Gasteiger partial charge in [-0.05, 0) is 52.3 Å². The minimum atomic E-state index is -1.36. The lowest BCUT2D eigenvalue weighted by Gasteiger charge is -2.18. The molecule has 2 N–H and O–H groups in total. The highest BCUT2D eigenvalue weighted by atomic mass is 16.3. The fourth-order valence-corrected chi connectivity index (χ4v) is 3.49. The van der Waals surface area contributed by atoms with Crippen LogP contribution in [-0.2, 0) is 10.3 Å². The van der Waals surface area contributed by atoms with Crippen molar-refractivity contribution in [3.8, 4) is 0 Å². The Kier molecular flexibility index (Phi) is 4.29. The molecule has 142 valence electrons. The Bertz CT molecular complexity index is 984. The highest BCUT2D eigenvalue weighted by molar-refractivity contribution is 6.11. The molecular formula is C19H21N3O5. The van der Waals surface area contributed by atoms with Gasteiger partial charge in [-0.3, -0.25) is 19.3 Å². The zero-order chi connectivity index (χ0) is 20.1. The van der Waals surface area contributed by atoms with Crippen molar-refractivity contribution in [2.24, 2.45) is 0 Å². The van der Waals surface area contributed by atoms with E-state index < -0.39 is 29.8 Å². The van der Waals surface area contributed by atoms with Gasteiger partial charge in [0.05, 0.1) is 12.2 Å². The molecule has 1 unspecified atom stereocenters. The van der Waals surface area contributed by atoms with Crippen LogP contribution in [0.4, 0.5) is 4.79 Å². The lowest BCUT2D eigenvalue weighted by molar-refractivity contribution is -0.131. The predicted octanol–water partition coefficient (Wildman–Crippen LogP) is 2.39. The van der Waals surface area contributed by atoms with E-state index in [0.717, 1.165) is 4.90 Å². The van der Waals surface area contributed by atoms with Crippen LogP contribution in [0.5, 0.6) is 0 Å². The molecule has 1 fully saturated rings. The summed E-state index contributed by atoms with van der Waals surface area (Å²) in [4.78, 5) is 53.4. The highest BCUT2D eigenvalue weighted by Gasteiger charge is 2.51. The van der Waals surface area contributed by atoms with Gasteiger partial charge in [0.1, 0.15) is 11.5 Å². The molecule has 1 saturated heterocycles. The van der Waals surface area contributed by atoms with Crippen molar-refractivity contribution in [2.75, 3.05) is 6.54 Å². The molecule has 2 aromatic heterocycles. The number of ketones is 2. The third-order valence-electron chi connectivity index (χ3n) is 4.88. The number of H-pyrrole nitrogens is 1. The largest absolute Gasteiger partial charge is 0.463 e. The molecule has 1 aliphatic heterocycles. The van der Waals surface area contributed by atoms with Crippen LogP contribution in [0.25, 0.3) is 0 Å². The number of hydrogen-bond acceptors (Lipinski definition) is 5. The normalized spacial score (nSPS) is 19.5. The van der Waals surface area contributed by atoms with Gasteiger partial charge in [0, 0.05) is 11.3 Å². The van der Waals surface area contributed by atoms with Gasteiger partial charge in [-0.2, -0.15) is 0 Å². The molecule has 3 heterocycles. The van der Waals surface area contributed by atoms with E-state index in [2.05, 4.69) is 10.3 Å². The number of amides is 3. The van der Waals surface area contributed by atoms with Crippen molar-refractivity contribution in [3.63, 3.8) is 0 Å². The first kappa shape index (κ1) is 18.6. The van der Waals surface area contributed by atoms with Crippen molar-refractivity contribution < 1.29 is 23.6 Å². The monoisotopic (exact) mass is 371 g/mol. The maximum absolute atomic E-state index is 12.8. The van der Waals surface area contributed by atoms with Crippen molar-refractivity contribution in [1.82, 2.24) is 15.2 Å². The third-order valence-corrected chi connectivity index (χ3v) is 4.88. The van der Waals surface area contributed by atoms with Gasteiger partial charge in [-0.1, -0.05) is 0 Å². The van der Waals surface area contributed by atoms with E-state index in [4.69, 9.17) is 4.42 Å². The first-order chi connectivity index (χ1) is 12.6. The molecule has 2 aromatic rings. The van der Waals surface area contributed by atoms with E-state index >= 15 is 0 Å². The van der Waals surface area contributed by atoms with E-state index in [9.17, 15) is 19.2 Å². The van der Waals surface area contributed by atoms with Crippen LogP contribution in [0.3, 0.4) is 0 Å². The Labute approximate surface area is 155 Å². The zero-order valence-electron chi connectivity index (χ0n) is 15.9. The lowest BCUT2D eigenvalue weighted by atomic mass is 9.99. The Balaban J connectivity index is 1.87. The van der Waals surface area contributed by atoms with Gasteiger partial charge in [-0.25, -0.2) is 4.79 Å². The average Bonchev–Trinajstić information content (AvgIpc) is 3.20. The summed E-state index contributed by atoms with van der Waals surface area (Å²) in [6.45, 7) is 7.62. The fourth-order valence-electron chi connectivity index (χ4n) is 3.49. The van der Waals surface area contributed by atoms with Gasteiger partial charge in [0.15, 0.2) is 17.1 Å². The van der Waals surface area contributed by atoms with E-state index in [1.54, 1.807) is 32.9 Å². The topological polar surface area (TPSA) is 112 Å². The number of aromatic amines is 1. The van der Waals surface area contributed by atoms with Gasteiger partial charge in [0.2, 0.25) is 0 Å². The van der Waals surface area contributed by atoms with Crippen LogP contribution in [0.1, 0.15) is 57.5 Å². The molecule has 0 aromatic carbocycles. The Morgan fingerprint density at radius 1 is 1.19 bits per heavy atom. The summed E-state index contributed by atoms with van der Waals surface area (Å²) in [7, 11) is 0. The predicted molar refractivity (Wildman–Crippen MR) is 95.6 cm³/mol. The minimum absolute atomic E-state index is 0.156. The zero-order valence-corrected chi connectivity index (χ0v) is 15.9. The van der Waals surface area contributed by atoms with E-state index in [1.165, 1.54) is 13.8 Å². The minimum Gasteiger partial charge on any atom is -0.463 e. The molecule has 0 aliphatic carbocycles. The van der Waals surface area contributed by atoms with Crippen molar-refractivity contribution in [2.45, 2.75) is 40.2 Å². The van der Waals surface area contributed by atoms with Gasteiger partial charge < -0.3 is 14.7 Å². The molecule has 0 bridgehead atoms. The van der Waals surface area contributed by atoms with Crippen molar-refractivity contribution >= 4 is 23.5 Å². The first-order valence-electron chi connectivity index (χ1n) is 8.50. The number of aryl methyl sites for hydroxylation is 2. The summed E-state index contributed by atoms with van der Waals surface area (Å²) in [5.74, 6) is -0.262. The maximum atomic E-state index is 12.8. The Hall–Kier alpha value is -3.16. The summed E-state index contributed by atoms with van der Waals surface area (Å²) in [5.41, 5.74) is 0.404. The summed E-state index contributed by atoms with van der Waals surface area (Å²) in [6.07, 6.45) is 0. The summed E-state index contributed by atoms with van der Waals surface area (Å²) in [6, 6.07) is 2.65. The molecule has 8 nitrogen and oxygen atoms in total. The number of Topliss-reactive ketones (excluding diaryl/α,β-unsaturated/α-hetero) is 2. The SMILES string of the molecule is CC(=O)c1c(C)[nH]c(C(=O)CN2C(=O)NC(C)(c3ccc(C)o3)C2=O)c1C. The average molecular weight is 371 g/mol. The van der Waals surface area contributed by atoms with Crippen molar-refractivity contribution in [3.05, 3.63) is 46.2 Å². The number of imide groups is 1. The van der Waals surface area contributed by atoms with E-state index in [-0.39, 0.29) is 11.5 Å². The second kappa shape index (κ2) is 6.22. The molecule has 0 radical (unpaired) electrons. The number of nitrogens with zero attached hydrogens (tertiary/aromatic N) is 1. The summed E-state index contributed by atoms with van der Waals surface area (Å²) >= 11 is 0. The van der Waals surface area contributed by atoms with Crippen LogP contribution >= 0.6 is 0 Å². The molecule has 3 amide bonds. The van der Waals surface area contributed by atoms with Gasteiger partial charge >= 0.3 is 6.03 Å². The van der Waals surface area contributed by atoms with Gasteiger partial charge in [-0.15, -0.1) is 0 Å². The van der Waals surface area contributed by atoms with E-state index in [0.29, 0.717) is 28.3 Å². The number of carbonyl (C=O) groups excluding carboxylic acids is 4. The van der Waals surface area contributed by atoms with Crippen LogP contribution in [-0.4, -0.2) is 39.9 Å². The fraction of sp³-hybridized carbons (Fsp3) is 0.368. The quantitative estimate of drug-likeness (QED) is 0.619. The van der Waals surface area contributed by atoms with Crippen LogP contribution in [0.15, 0.2) is 16.5 Å². The molecule has 8 heteroatoms. The molecule has 1 aliphatic rings. The molecule has 1 atom stereocenters. The second-order valence-corrected chi connectivity index (χ2v) is 6.96. The highest BCUT2D eigenvalue weighted by Crippen LogP contribution is 2.30. The molecule has 0 saturated carbocycles. The summed E-state index contributed by atoms with van der Waals surface area (Å²) < 4.78 is 5.50. The lowest BCUT2D eigenvalue weighted by Crippen LogP contribution is -2.41. The van der Waals surface area contributed by atoms with Crippen molar-refractivity contribution in [1.29, 1.82) is 0 Å². The third kappa shape index (κ3) is 2.87. The second-order valence-electron chi connectivity index (χ2n) is 6.96. The molecule has 0 spiro atoms. The Morgan fingerprint density at radius 3 is 2.37 bits per heavy atom. The molecular weight excluding hydrogens is 350 g/mol. The number of rotatable bonds is 5. The van der Waals surface area contributed by atoms with Crippen LogP contribution in [0.2, 0.25) is 0 Å². The molecule has 3 rings (SSSR count). The number of hydrogen-bond donors (Lipinski definition) is 2. The number of carbonyl (C=O) groups is 4. The smallest absolute Gasteiger partial charge is 0.325 e. The standard InChI is InChI=1S/C19H21N3O5/c1-9-6-7-14(27-9)19(5)17(25)22(18(26)21-19)8-13(24)16-10(2)15(12(4)23)11(3)20-16/h6-7,20H,8H2,1-5H3,(H,21,26). The Morgan fingerprint density at radius 2 is 1.85 bits per heavy atom. The number of furan rings is 1. The maximum Gasteiger partial charge on any atom is 0.325 e. The summed E-state index contributed by atoms with van der Waals surface area (Å²) in [5, 5.41) is 2.59. The number of nitrogens with one attached hydrogen (secondary N) is 2. The van der Waals surface area contributed by atoms with Gasteiger partial charge in [0.25, 0.3) is 5.91 Å².